The number of benzene rings is 2. The van der Waals surface area contributed by atoms with Crippen molar-refractivity contribution in [2.24, 2.45) is 0 Å². The topological polar surface area (TPSA) is 66.1 Å². The molecule has 1 N–H and O–H groups in total. The molecule has 0 aliphatic rings. The summed E-state index contributed by atoms with van der Waals surface area (Å²) in [6.45, 7) is 0.0255. The summed E-state index contributed by atoms with van der Waals surface area (Å²) < 4.78 is 38.8. The molecular formula is C20H15ClF3N3O2. The van der Waals surface area contributed by atoms with Crippen LogP contribution in [0.5, 0.6) is 0 Å². The number of amides is 1. The molecular weight excluding hydrogens is 407 g/mol. The maximum Gasteiger partial charge on any atom is 0.417 e. The molecule has 9 heteroatoms. The van der Waals surface area contributed by atoms with Gasteiger partial charge in [0, 0.05) is 13.1 Å². The molecule has 1 aromatic heterocycles. The first-order valence-electron chi connectivity index (χ1n) is 8.43. The average Bonchev–Trinajstić information content (AvgIpc) is 2.66. The van der Waals surface area contributed by atoms with Crippen LogP contribution in [-0.2, 0) is 17.5 Å². The number of H-pyrrole nitrogens is 1. The Labute approximate surface area is 168 Å². The van der Waals surface area contributed by atoms with Crippen LogP contribution in [0.4, 0.5) is 13.2 Å². The Balaban J connectivity index is 1.75. The molecule has 0 fully saturated rings. The largest absolute Gasteiger partial charge is 0.417 e. The first kappa shape index (κ1) is 20.6. The van der Waals surface area contributed by atoms with Gasteiger partial charge in [0.2, 0.25) is 5.91 Å². The minimum Gasteiger partial charge on any atom is -0.335 e. The molecule has 5 nitrogen and oxygen atoms in total. The van der Waals surface area contributed by atoms with Crippen LogP contribution in [0.2, 0.25) is 5.02 Å². The minimum absolute atomic E-state index is 0.0255. The molecule has 0 saturated carbocycles. The number of aromatic amines is 1. The fourth-order valence-corrected chi connectivity index (χ4v) is 2.90. The third-order valence-corrected chi connectivity index (χ3v) is 4.47. The molecule has 29 heavy (non-hydrogen) atoms. The van der Waals surface area contributed by atoms with E-state index in [1.54, 1.807) is 24.3 Å². The van der Waals surface area contributed by atoms with Crippen molar-refractivity contribution in [1.82, 2.24) is 14.9 Å². The number of halogens is 4. The molecule has 1 heterocycles. The Morgan fingerprint density at radius 2 is 1.97 bits per heavy atom. The monoisotopic (exact) mass is 421 g/mol. The molecule has 0 radical (unpaired) electrons. The Bertz CT molecular complexity index is 1160. The first-order valence-corrected chi connectivity index (χ1v) is 8.81. The zero-order valence-corrected chi connectivity index (χ0v) is 15.9. The van der Waals surface area contributed by atoms with Crippen LogP contribution in [0.1, 0.15) is 17.0 Å². The van der Waals surface area contributed by atoms with E-state index in [9.17, 15) is 22.8 Å². The average molecular weight is 422 g/mol. The highest BCUT2D eigenvalue weighted by atomic mass is 35.5. The predicted octanol–water partition coefficient (Wildman–Crippen LogP) is 4.27. The number of carbonyl (C=O) groups excluding carboxylic acids is 1. The van der Waals surface area contributed by atoms with Gasteiger partial charge in [0.25, 0.3) is 5.56 Å². The zero-order chi connectivity index (χ0) is 21.2. The number of nitrogens with one attached hydrogen (secondary N) is 1. The number of fused-ring (bicyclic) bond motifs is 1. The van der Waals surface area contributed by atoms with Gasteiger partial charge in [0.05, 0.1) is 28.0 Å². The number of alkyl halides is 3. The fraction of sp³-hybridized carbons (Fsp3) is 0.150. The van der Waals surface area contributed by atoms with E-state index in [2.05, 4.69) is 9.97 Å². The molecule has 1 amide bonds. The van der Waals surface area contributed by atoms with E-state index in [0.29, 0.717) is 16.7 Å². The third kappa shape index (κ3) is 4.83. The van der Waals surface area contributed by atoms with E-state index >= 15 is 0 Å². The predicted molar refractivity (Wildman–Crippen MR) is 104 cm³/mol. The van der Waals surface area contributed by atoms with Gasteiger partial charge in [-0.1, -0.05) is 29.8 Å². The number of para-hydroxylation sites is 1. The maximum absolute atomic E-state index is 12.9. The quantitative estimate of drug-likeness (QED) is 0.640. The molecule has 0 spiro atoms. The Hall–Kier alpha value is -3.13. The lowest BCUT2D eigenvalue weighted by Gasteiger charge is -2.14. The van der Waals surface area contributed by atoms with Gasteiger partial charge >= 0.3 is 6.18 Å². The molecule has 2 aromatic carbocycles. The molecule has 0 aliphatic heterocycles. The van der Waals surface area contributed by atoms with Gasteiger partial charge in [0.1, 0.15) is 5.82 Å². The molecule has 0 unspecified atom stereocenters. The van der Waals surface area contributed by atoms with Crippen molar-refractivity contribution in [1.29, 1.82) is 0 Å². The molecule has 0 bridgehead atoms. The van der Waals surface area contributed by atoms with Gasteiger partial charge in [-0.05, 0) is 35.9 Å². The second-order valence-corrected chi connectivity index (χ2v) is 6.70. The van der Waals surface area contributed by atoms with Gasteiger partial charge in [-0.3, -0.25) is 9.59 Å². The van der Waals surface area contributed by atoms with Gasteiger partial charge < -0.3 is 9.88 Å². The number of aromatic nitrogens is 2. The highest BCUT2D eigenvalue weighted by Crippen LogP contribution is 2.35. The van der Waals surface area contributed by atoms with Crippen LogP contribution >= 0.6 is 11.6 Å². The maximum atomic E-state index is 12.9. The van der Waals surface area contributed by atoms with Crippen molar-refractivity contribution in [3.8, 4) is 0 Å². The van der Waals surface area contributed by atoms with Crippen molar-refractivity contribution in [2.75, 3.05) is 7.05 Å². The summed E-state index contributed by atoms with van der Waals surface area (Å²) in [7, 11) is 1.49. The number of nitrogens with zero attached hydrogens (tertiary/aromatic N) is 2. The lowest BCUT2D eigenvalue weighted by Crippen LogP contribution is -2.26. The Morgan fingerprint density at radius 1 is 1.24 bits per heavy atom. The Kier molecular flexibility index (Phi) is 5.74. The van der Waals surface area contributed by atoms with E-state index in [1.807, 2.05) is 0 Å². The van der Waals surface area contributed by atoms with Gasteiger partial charge in [0.15, 0.2) is 0 Å². The number of carbonyl (C=O) groups is 1. The molecule has 3 rings (SSSR count). The summed E-state index contributed by atoms with van der Waals surface area (Å²) in [6, 6.07) is 10.2. The van der Waals surface area contributed by atoms with E-state index in [0.717, 1.165) is 18.2 Å². The van der Waals surface area contributed by atoms with Crippen LogP contribution in [0.25, 0.3) is 17.0 Å². The van der Waals surface area contributed by atoms with Gasteiger partial charge in [-0.15, -0.1) is 0 Å². The van der Waals surface area contributed by atoms with E-state index in [4.69, 9.17) is 11.6 Å². The summed E-state index contributed by atoms with van der Waals surface area (Å²) >= 11 is 5.58. The molecule has 150 valence electrons. The van der Waals surface area contributed by atoms with E-state index in [1.165, 1.54) is 24.1 Å². The van der Waals surface area contributed by atoms with Crippen LogP contribution in [0.3, 0.4) is 0 Å². The molecule has 0 aliphatic carbocycles. The zero-order valence-electron chi connectivity index (χ0n) is 15.1. The van der Waals surface area contributed by atoms with Crippen LogP contribution in [0, 0.1) is 0 Å². The fourth-order valence-electron chi connectivity index (χ4n) is 2.67. The number of rotatable bonds is 4. The summed E-state index contributed by atoms with van der Waals surface area (Å²) in [5.41, 5.74) is -0.605. The lowest BCUT2D eigenvalue weighted by atomic mass is 10.1. The van der Waals surface area contributed by atoms with E-state index < -0.39 is 22.7 Å². The van der Waals surface area contributed by atoms with Crippen molar-refractivity contribution in [3.63, 3.8) is 0 Å². The molecule has 3 aromatic rings. The standard InChI is InChI=1S/C20H15ClF3N3O2/c1-27(11-17-25-16-5-3-2-4-13(16)19(29)26-17)18(28)9-7-12-6-8-15(21)14(10-12)20(22,23)24/h2-10H,11H2,1H3,(H,25,26,29). The molecule has 0 saturated heterocycles. The van der Waals surface area contributed by atoms with Crippen molar-refractivity contribution < 1.29 is 18.0 Å². The number of hydrogen-bond acceptors (Lipinski definition) is 3. The summed E-state index contributed by atoms with van der Waals surface area (Å²) in [5, 5.41) is 0.0257. The summed E-state index contributed by atoms with van der Waals surface area (Å²) in [5.74, 6) is -0.173. The number of hydrogen-bond donors (Lipinski definition) is 1. The highest BCUT2D eigenvalue weighted by Gasteiger charge is 2.33. The van der Waals surface area contributed by atoms with Crippen molar-refractivity contribution in [2.45, 2.75) is 12.7 Å². The second-order valence-electron chi connectivity index (χ2n) is 6.29. The SMILES string of the molecule is CN(Cc1nc2ccccc2c(=O)[nH]1)C(=O)C=Cc1ccc(Cl)c(C(F)(F)F)c1. The van der Waals surface area contributed by atoms with Crippen molar-refractivity contribution in [3.05, 3.63) is 80.9 Å². The van der Waals surface area contributed by atoms with Crippen LogP contribution in [-0.4, -0.2) is 27.8 Å². The summed E-state index contributed by atoms with van der Waals surface area (Å²) in [4.78, 5) is 32.6. The first-order chi connectivity index (χ1) is 13.6. The van der Waals surface area contributed by atoms with Gasteiger partial charge in [-0.2, -0.15) is 13.2 Å². The van der Waals surface area contributed by atoms with Crippen molar-refractivity contribution >= 4 is 34.5 Å². The van der Waals surface area contributed by atoms with Gasteiger partial charge in [-0.25, -0.2) is 4.98 Å². The van der Waals surface area contributed by atoms with E-state index in [-0.39, 0.29) is 17.7 Å². The second kappa shape index (κ2) is 8.08. The third-order valence-electron chi connectivity index (χ3n) is 4.14. The highest BCUT2D eigenvalue weighted by molar-refractivity contribution is 6.31. The minimum atomic E-state index is -4.59. The molecule has 0 atom stereocenters. The Morgan fingerprint density at radius 3 is 2.69 bits per heavy atom. The smallest absolute Gasteiger partial charge is 0.335 e. The normalized spacial score (nSPS) is 11.9. The van der Waals surface area contributed by atoms with Crippen LogP contribution in [0.15, 0.2) is 53.3 Å². The lowest BCUT2D eigenvalue weighted by molar-refractivity contribution is -0.137. The summed E-state index contributed by atoms with van der Waals surface area (Å²) in [6.07, 6.45) is -2.18. The number of likely N-dealkylation sites (N-methyl/N-ethyl adjacent to an activating group) is 1. The van der Waals surface area contributed by atoms with Crippen LogP contribution < -0.4 is 5.56 Å².